The van der Waals surface area contributed by atoms with E-state index in [-0.39, 0.29) is 48.0 Å². The maximum absolute atomic E-state index is 14.9. The molecule has 1 aliphatic heterocycles. The van der Waals surface area contributed by atoms with Crippen LogP contribution in [0.25, 0.3) is 11.9 Å². The number of rotatable bonds is 6. The molecule has 2 N–H and O–H groups in total. The summed E-state index contributed by atoms with van der Waals surface area (Å²) in [4.78, 5) is 24.7. The number of amidine groups is 1. The number of nitrogens with zero attached hydrogens (tertiary/aromatic N) is 3. The molecule has 9 heteroatoms. The zero-order valence-electron chi connectivity index (χ0n) is 17.4. The first-order valence-corrected chi connectivity index (χ1v) is 10.6. The molecule has 2 aromatic rings. The van der Waals surface area contributed by atoms with Crippen LogP contribution >= 0.6 is 11.8 Å². The summed E-state index contributed by atoms with van der Waals surface area (Å²) < 4.78 is 34.1. The van der Waals surface area contributed by atoms with E-state index in [1.54, 1.807) is 6.92 Å². The minimum atomic E-state index is -1.03. The molecule has 0 unspecified atom stereocenters. The van der Waals surface area contributed by atoms with Crippen LogP contribution in [0.15, 0.2) is 35.6 Å². The number of Topliss-reactive ketones (excluding diaryl/α,β-unsaturated/α-hetero) is 1. The van der Waals surface area contributed by atoms with Crippen molar-refractivity contribution >= 4 is 34.6 Å². The Morgan fingerprint density at radius 2 is 2.18 bits per heavy atom. The minimum absolute atomic E-state index is 0. The van der Waals surface area contributed by atoms with Crippen LogP contribution in [0.5, 0.6) is 5.88 Å². The fourth-order valence-electron chi connectivity index (χ4n) is 4.11. The van der Waals surface area contributed by atoms with Gasteiger partial charge in [-0.1, -0.05) is 31.2 Å². The van der Waals surface area contributed by atoms with Crippen molar-refractivity contribution in [2.45, 2.75) is 38.0 Å². The van der Waals surface area contributed by atoms with Crippen molar-refractivity contribution in [3.63, 3.8) is 0 Å². The normalized spacial score (nSPS) is 25.7. The summed E-state index contributed by atoms with van der Waals surface area (Å²) in [5.74, 6) is 1.13. The van der Waals surface area contributed by atoms with Crippen molar-refractivity contribution in [1.82, 2.24) is 9.97 Å². The molecule has 4 rings (SSSR count). The molecule has 33 heavy (non-hydrogen) atoms. The highest BCUT2D eigenvalue weighted by Crippen LogP contribution is 2.66. The number of ether oxygens (including phenoxy) is 1. The van der Waals surface area contributed by atoms with Crippen molar-refractivity contribution in [3.8, 4) is 18.2 Å². The van der Waals surface area contributed by atoms with E-state index in [4.69, 9.17) is 16.9 Å². The van der Waals surface area contributed by atoms with Crippen LogP contribution in [-0.2, 0) is 10.3 Å². The van der Waals surface area contributed by atoms with Gasteiger partial charge in [-0.25, -0.2) is 18.7 Å². The van der Waals surface area contributed by atoms with Crippen molar-refractivity contribution < 1.29 is 18.3 Å². The summed E-state index contributed by atoms with van der Waals surface area (Å²) >= 11 is 1.24. The molecule has 6 nitrogen and oxygen atoms in total. The van der Waals surface area contributed by atoms with Crippen molar-refractivity contribution in [2.24, 2.45) is 16.6 Å². The second kappa shape index (κ2) is 8.94. The number of ketones is 1. The minimum Gasteiger partial charge on any atom is -0.463 e. The molecule has 0 radical (unpaired) electrons. The molecule has 1 aromatic heterocycles. The summed E-state index contributed by atoms with van der Waals surface area (Å²) in [5, 5.41) is 0.241. The standard InChI is InChI=1S/C23H20F2N4O2S.CH4/c1-4-7-31-20-12-27-18(11-28-20)17(25)9-14-5-6-16(24)15(8-14)22(3)19-10-23(19,13(2)30)32-21(26)29-22;/h1,5-6,8-9,11-12,19H,7,10H2,2-3H3,(H2,26,29);1H4/b17-9-;/t19-,22+,23+;/m0./s1. The van der Waals surface area contributed by atoms with Gasteiger partial charge in [0.1, 0.15) is 17.3 Å². The Hall–Kier alpha value is -3.25. The van der Waals surface area contributed by atoms with Crippen LogP contribution in [-0.4, -0.2) is 32.3 Å². The number of halogens is 2. The van der Waals surface area contributed by atoms with Gasteiger partial charge >= 0.3 is 0 Å². The quantitative estimate of drug-likeness (QED) is 0.631. The number of hydrogen-bond acceptors (Lipinski definition) is 7. The summed E-state index contributed by atoms with van der Waals surface area (Å²) in [7, 11) is 0. The fourth-order valence-corrected chi connectivity index (χ4v) is 5.48. The number of hydrogen-bond donors (Lipinski definition) is 1. The first-order valence-electron chi connectivity index (χ1n) is 9.81. The largest absolute Gasteiger partial charge is 0.463 e. The number of fused-ring (bicyclic) bond motifs is 1. The van der Waals surface area contributed by atoms with Gasteiger partial charge in [0.2, 0.25) is 5.88 Å². The van der Waals surface area contributed by atoms with Crippen molar-refractivity contribution in [3.05, 3.63) is 53.2 Å². The van der Waals surface area contributed by atoms with Crippen LogP contribution < -0.4 is 10.5 Å². The lowest BCUT2D eigenvalue weighted by molar-refractivity contribution is -0.117. The van der Waals surface area contributed by atoms with E-state index in [1.807, 2.05) is 0 Å². The number of terminal acetylenes is 1. The van der Waals surface area contributed by atoms with E-state index >= 15 is 0 Å². The molecule has 2 heterocycles. The fraction of sp³-hybridized carbons (Fsp3) is 0.333. The van der Waals surface area contributed by atoms with Gasteiger partial charge in [-0.2, -0.15) is 0 Å². The van der Waals surface area contributed by atoms with Gasteiger partial charge in [0, 0.05) is 11.5 Å². The summed E-state index contributed by atoms with van der Waals surface area (Å²) in [6.07, 6.45) is 9.39. The molecule has 2 aliphatic rings. The second-order valence-corrected chi connectivity index (χ2v) is 9.22. The Bertz CT molecular complexity index is 1190. The lowest BCUT2D eigenvalue weighted by atomic mass is 9.84. The van der Waals surface area contributed by atoms with Crippen LogP contribution in [0.1, 0.15) is 44.5 Å². The third kappa shape index (κ3) is 4.35. The van der Waals surface area contributed by atoms with Gasteiger partial charge < -0.3 is 10.5 Å². The smallest absolute Gasteiger partial charge is 0.233 e. The van der Waals surface area contributed by atoms with E-state index in [1.165, 1.54) is 55.4 Å². The average Bonchev–Trinajstić information content (AvgIpc) is 3.51. The molecule has 0 saturated heterocycles. The second-order valence-electron chi connectivity index (χ2n) is 7.87. The van der Waals surface area contributed by atoms with E-state index in [0.29, 0.717) is 12.0 Å². The third-order valence-corrected chi connectivity index (χ3v) is 7.22. The van der Waals surface area contributed by atoms with E-state index < -0.39 is 21.9 Å². The zero-order chi connectivity index (χ0) is 23.1. The first-order chi connectivity index (χ1) is 15.2. The number of carbonyl (C=O) groups is 1. The molecule has 1 aliphatic carbocycles. The summed E-state index contributed by atoms with van der Waals surface area (Å²) in [6, 6.07) is 4.24. The Morgan fingerprint density at radius 3 is 2.82 bits per heavy atom. The number of nitrogens with two attached hydrogens (primary N) is 1. The van der Waals surface area contributed by atoms with Gasteiger partial charge in [-0.3, -0.25) is 9.79 Å². The predicted octanol–water partition coefficient (Wildman–Crippen LogP) is 4.36. The highest BCUT2D eigenvalue weighted by atomic mass is 32.2. The van der Waals surface area contributed by atoms with Crippen LogP contribution in [0, 0.1) is 24.1 Å². The molecule has 0 amide bonds. The van der Waals surface area contributed by atoms with E-state index in [9.17, 15) is 13.6 Å². The van der Waals surface area contributed by atoms with Crippen molar-refractivity contribution in [1.29, 1.82) is 0 Å². The maximum atomic E-state index is 14.9. The molecule has 3 atom stereocenters. The molecule has 0 spiro atoms. The number of benzene rings is 1. The maximum Gasteiger partial charge on any atom is 0.233 e. The Balaban J connectivity index is 0.00000306. The van der Waals surface area contributed by atoms with Crippen LogP contribution in [0.2, 0.25) is 0 Å². The predicted molar refractivity (Wildman–Crippen MR) is 127 cm³/mol. The van der Waals surface area contributed by atoms with Gasteiger partial charge in [0.05, 0.1) is 22.7 Å². The summed E-state index contributed by atoms with van der Waals surface area (Å²) in [5.41, 5.74) is 5.64. The summed E-state index contributed by atoms with van der Waals surface area (Å²) in [6.45, 7) is 3.30. The highest BCUT2D eigenvalue weighted by molar-refractivity contribution is 8.15. The van der Waals surface area contributed by atoms with Crippen molar-refractivity contribution in [2.75, 3.05) is 6.61 Å². The Kier molecular flexibility index (Phi) is 6.61. The molecule has 0 bridgehead atoms. The topological polar surface area (TPSA) is 90.5 Å². The van der Waals surface area contributed by atoms with Gasteiger partial charge in [0.25, 0.3) is 0 Å². The number of carbonyl (C=O) groups excluding carboxylic acids is 1. The van der Waals surface area contributed by atoms with Gasteiger partial charge in [-0.15, -0.1) is 6.42 Å². The molecule has 1 saturated carbocycles. The molecule has 1 aromatic carbocycles. The van der Waals surface area contributed by atoms with Gasteiger partial charge in [0.15, 0.2) is 17.6 Å². The highest BCUT2D eigenvalue weighted by Gasteiger charge is 2.69. The molecular weight excluding hydrogens is 446 g/mol. The number of aromatic nitrogens is 2. The Morgan fingerprint density at radius 1 is 1.42 bits per heavy atom. The van der Waals surface area contributed by atoms with Gasteiger partial charge in [-0.05, 0) is 44.0 Å². The van der Waals surface area contributed by atoms with E-state index in [0.717, 1.165) is 0 Å². The third-order valence-electron chi connectivity index (χ3n) is 5.82. The lowest BCUT2D eigenvalue weighted by Gasteiger charge is -2.33. The average molecular weight is 471 g/mol. The van der Waals surface area contributed by atoms with Crippen LogP contribution in [0.4, 0.5) is 8.78 Å². The zero-order valence-corrected chi connectivity index (χ0v) is 18.2. The first kappa shape index (κ1) is 24.4. The Labute approximate surface area is 195 Å². The van der Waals surface area contributed by atoms with E-state index in [2.05, 4.69) is 20.9 Å². The molecule has 1 fully saturated rings. The molecular formula is C24H24F2N4O2S. The lowest BCUT2D eigenvalue weighted by Crippen LogP contribution is -2.38. The van der Waals surface area contributed by atoms with Crippen LogP contribution in [0.3, 0.4) is 0 Å². The molecule has 172 valence electrons. The SMILES string of the molecule is C.C#CCOc1cnc(/C(F)=C/c2ccc(F)c([C@@]3(C)N=C(N)S[C@@]4(C(C)=O)C[C@H]43)c2)cn1. The number of aliphatic imine (C=N–C) groups is 1. The monoisotopic (exact) mass is 470 g/mol. The number of thioether (sulfide) groups is 1.